The van der Waals surface area contributed by atoms with Gasteiger partial charge in [0.25, 0.3) is 0 Å². The quantitative estimate of drug-likeness (QED) is 0.883. The fourth-order valence-electron chi connectivity index (χ4n) is 3.00. The van der Waals surface area contributed by atoms with E-state index in [0.717, 1.165) is 24.4 Å². The van der Waals surface area contributed by atoms with E-state index in [2.05, 4.69) is 36.0 Å². The third kappa shape index (κ3) is 3.48. The second-order valence-corrected chi connectivity index (χ2v) is 5.78. The van der Waals surface area contributed by atoms with Crippen molar-refractivity contribution in [1.82, 2.24) is 4.90 Å². The van der Waals surface area contributed by atoms with Crippen LogP contribution in [0.15, 0.2) is 24.3 Å². The van der Waals surface area contributed by atoms with E-state index < -0.39 is 0 Å². The van der Waals surface area contributed by atoms with Gasteiger partial charge in [-0.05, 0) is 38.4 Å². The highest BCUT2D eigenvalue weighted by atomic mass is 16.3. The maximum absolute atomic E-state index is 10.1. The average molecular weight is 262 g/mol. The first-order chi connectivity index (χ1) is 9.11. The zero-order chi connectivity index (χ0) is 13.8. The van der Waals surface area contributed by atoms with Crippen molar-refractivity contribution >= 4 is 5.69 Å². The number of aliphatic hydroxyl groups is 1. The third-order valence-corrected chi connectivity index (χ3v) is 4.11. The van der Waals surface area contributed by atoms with Gasteiger partial charge in [0, 0.05) is 31.4 Å². The summed E-state index contributed by atoms with van der Waals surface area (Å²) < 4.78 is 0. The van der Waals surface area contributed by atoms with E-state index in [1.807, 2.05) is 19.1 Å². The number of rotatable bonds is 5. The van der Waals surface area contributed by atoms with Gasteiger partial charge in [0.05, 0.1) is 6.10 Å². The molecular formula is C16H26N2O. The molecule has 1 unspecified atom stereocenters. The number of hydrogen-bond acceptors (Lipinski definition) is 3. The molecule has 1 fully saturated rings. The van der Waals surface area contributed by atoms with Crippen molar-refractivity contribution in [2.75, 3.05) is 38.6 Å². The van der Waals surface area contributed by atoms with Crippen LogP contribution in [-0.4, -0.2) is 43.7 Å². The van der Waals surface area contributed by atoms with Crippen LogP contribution in [-0.2, 0) is 0 Å². The molecule has 0 aromatic heterocycles. The molecular weight excluding hydrogens is 236 g/mol. The number of nitrogens with zero attached hydrogens (tertiary/aromatic N) is 2. The Hall–Kier alpha value is -1.06. The Morgan fingerprint density at radius 2 is 2.16 bits per heavy atom. The SMILES string of the molecule is CC[C@H](O)c1ccccc1N(C)CC1CCN(C)C1. The molecule has 0 spiro atoms. The largest absolute Gasteiger partial charge is 0.388 e. The minimum Gasteiger partial charge on any atom is -0.388 e. The lowest BCUT2D eigenvalue weighted by molar-refractivity contribution is 0.174. The molecule has 0 saturated carbocycles. The van der Waals surface area contributed by atoms with E-state index in [1.54, 1.807) is 0 Å². The molecule has 1 aromatic carbocycles. The molecule has 0 amide bonds. The van der Waals surface area contributed by atoms with Crippen LogP contribution in [0.1, 0.15) is 31.4 Å². The van der Waals surface area contributed by atoms with Gasteiger partial charge in [-0.1, -0.05) is 25.1 Å². The highest BCUT2D eigenvalue weighted by molar-refractivity contribution is 5.54. The van der Waals surface area contributed by atoms with Crippen molar-refractivity contribution in [3.8, 4) is 0 Å². The Bertz CT molecular complexity index is 407. The van der Waals surface area contributed by atoms with Gasteiger partial charge in [-0.15, -0.1) is 0 Å². The van der Waals surface area contributed by atoms with Gasteiger partial charge >= 0.3 is 0 Å². The number of anilines is 1. The summed E-state index contributed by atoms with van der Waals surface area (Å²) in [6.07, 6.45) is 1.68. The molecule has 2 rings (SSSR count). The Balaban J connectivity index is 2.08. The molecule has 106 valence electrons. The van der Waals surface area contributed by atoms with Gasteiger partial charge in [0.2, 0.25) is 0 Å². The second kappa shape index (κ2) is 6.40. The van der Waals surface area contributed by atoms with E-state index >= 15 is 0 Å². The van der Waals surface area contributed by atoms with Crippen LogP contribution in [0.25, 0.3) is 0 Å². The molecule has 1 heterocycles. The van der Waals surface area contributed by atoms with Crippen LogP contribution < -0.4 is 4.90 Å². The topological polar surface area (TPSA) is 26.7 Å². The van der Waals surface area contributed by atoms with Crippen molar-refractivity contribution in [1.29, 1.82) is 0 Å². The summed E-state index contributed by atoms with van der Waals surface area (Å²) in [5.74, 6) is 0.738. The Kier molecular flexibility index (Phi) is 4.83. The fourth-order valence-corrected chi connectivity index (χ4v) is 3.00. The monoisotopic (exact) mass is 262 g/mol. The van der Waals surface area contributed by atoms with Crippen LogP contribution in [0, 0.1) is 5.92 Å². The van der Waals surface area contributed by atoms with E-state index in [4.69, 9.17) is 0 Å². The summed E-state index contributed by atoms with van der Waals surface area (Å²) in [7, 11) is 4.33. The highest BCUT2D eigenvalue weighted by Gasteiger charge is 2.22. The van der Waals surface area contributed by atoms with Crippen molar-refractivity contribution < 1.29 is 5.11 Å². The van der Waals surface area contributed by atoms with Crippen LogP contribution in [0.5, 0.6) is 0 Å². The molecule has 0 aliphatic carbocycles. The zero-order valence-corrected chi connectivity index (χ0v) is 12.3. The van der Waals surface area contributed by atoms with Crippen LogP contribution in [0.3, 0.4) is 0 Å². The Morgan fingerprint density at radius 1 is 1.42 bits per heavy atom. The maximum atomic E-state index is 10.1. The van der Waals surface area contributed by atoms with Gasteiger partial charge in [-0.2, -0.15) is 0 Å². The Labute approximate surface area is 116 Å². The summed E-state index contributed by atoms with van der Waals surface area (Å²) >= 11 is 0. The summed E-state index contributed by atoms with van der Waals surface area (Å²) in [6, 6.07) is 8.22. The molecule has 2 atom stereocenters. The molecule has 1 aromatic rings. The van der Waals surface area contributed by atoms with Crippen molar-refractivity contribution in [2.45, 2.75) is 25.9 Å². The fraction of sp³-hybridized carbons (Fsp3) is 0.625. The molecule has 19 heavy (non-hydrogen) atoms. The first kappa shape index (κ1) is 14.4. The molecule has 1 saturated heterocycles. The first-order valence-electron chi connectivity index (χ1n) is 7.28. The minimum atomic E-state index is -0.357. The van der Waals surface area contributed by atoms with E-state index in [9.17, 15) is 5.11 Å². The Morgan fingerprint density at radius 3 is 2.79 bits per heavy atom. The van der Waals surface area contributed by atoms with Gasteiger partial charge in [-0.25, -0.2) is 0 Å². The second-order valence-electron chi connectivity index (χ2n) is 5.78. The highest BCUT2D eigenvalue weighted by Crippen LogP contribution is 2.28. The van der Waals surface area contributed by atoms with Gasteiger partial charge < -0.3 is 14.9 Å². The lowest BCUT2D eigenvalue weighted by Crippen LogP contribution is -2.28. The van der Waals surface area contributed by atoms with E-state index in [1.165, 1.54) is 25.2 Å². The molecule has 1 N–H and O–H groups in total. The smallest absolute Gasteiger partial charge is 0.0807 e. The lowest BCUT2D eigenvalue weighted by Gasteiger charge is -2.27. The molecule has 0 radical (unpaired) electrons. The molecule has 0 bridgehead atoms. The van der Waals surface area contributed by atoms with Crippen LogP contribution in [0.4, 0.5) is 5.69 Å². The predicted molar refractivity (Wildman–Crippen MR) is 80.6 cm³/mol. The summed E-state index contributed by atoms with van der Waals surface area (Å²) in [6.45, 7) is 5.48. The third-order valence-electron chi connectivity index (χ3n) is 4.11. The number of likely N-dealkylation sites (tertiary alicyclic amines) is 1. The predicted octanol–water partition coefficient (Wildman–Crippen LogP) is 2.52. The molecule has 1 aliphatic heterocycles. The zero-order valence-electron chi connectivity index (χ0n) is 12.3. The maximum Gasteiger partial charge on any atom is 0.0807 e. The van der Waals surface area contributed by atoms with Gasteiger partial charge in [0.1, 0.15) is 0 Å². The van der Waals surface area contributed by atoms with Crippen LogP contribution in [0.2, 0.25) is 0 Å². The molecule has 3 heteroatoms. The van der Waals surface area contributed by atoms with Gasteiger partial charge in [0.15, 0.2) is 0 Å². The number of aliphatic hydroxyl groups excluding tert-OH is 1. The molecule has 3 nitrogen and oxygen atoms in total. The molecule has 1 aliphatic rings. The standard InChI is InChI=1S/C16H26N2O/c1-4-16(19)14-7-5-6-8-15(14)18(3)12-13-9-10-17(2)11-13/h5-8,13,16,19H,4,9-12H2,1-3H3/t13?,16-/m0/s1. The van der Waals surface area contributed by atoms with E-state index in [-0.39, 0.29) is 6.10 Å². The minimum absolute atomic E-state index is 0.357. The normalized spacial score (nSPS) is 21.6. The summed E-state index contributed by atoms with van der Waals surface area (Å²) in [5.41, 5.74) is 2.23. The lowest BCUT2D eigenvalue weighted by atomic mass is 10.0. The number of para-hydroxylation sites is 1. The van der Waals surface area contributed by atoms with Crippen molar-refractivity contribution in [3.05, 3.63) is 29.8 Å². The van der Waals surface area contributed by atoms with Crippen LogP contribution >= 0.6 is 0 Å². The first-order valence-corrected chi connectivity index (χ1v) is 7.28. The van der Waals surface area contributed by atoms with Crippen molar-refractivity contribution in [3.63, 3.8) is 0 Å². The van der Waals surface area contributed by atoms with Gasteiger partial charge in [-0.3, -0.25) is 0 Å². The number of benzene rings is 1. The number of hydrogen-bond donors (Lipinski definition) is 1. The average Bonchev–Trinajstić information content (AvgIpc) is 2.83. The van der Waals surface area contributed by atoms with Crippen molar-refractivity contribution in [2.24, 2.45) is 5.92 Å². The van der Waals surface area contributed by atoms with E-state index in [0.29, 0.717) is 0 Å². The summed E-state index contributed by atoms with van der Waals surface area (Å²) in [4.78, 5) is 4.70. The summed E-state index contributed by atoms with van der Waals surface area (Å²) in [5, 5.41) is 10.1.